The van der Waals surface area contributed by atoms with Crippen molar-refractivity contribution in [2.75, 3.05) is 6.79 Å². The van der Waals surface area contributed by atoms with Crippen LogP contribution in [0, 0.1) is 5.92 Å². The van der Waals surface area contributed by atoms with Gasteiger partial charge in [0, 0.05) is 11.0 Å². The van der Waals surface area contributed by atoms with Gasteiger partial charge in [0.2, 0.25) is 6.79 Å². The number of ether oxygens (including phenoxy) is 3. The van der Waals surface area contributed by atoms with Crippen LogP contribution in [0.4, 0.5) is 0 Å². The van der Waals surface area contributed by atoms with Gasteiger partial charge in [-0.15, -0.1) is 0 Å². The third-order valence-electron chi connectivity index (χ3n) is 6.12. The van der Waals surface area contributed by atoms with Crippen molar-refractivity contribution in [3.8, 4) is 17.2 Å². The van der Waals surface area contributed by atoms with Crippen LogP contribution in [0.2, 0.25) is 0 Å². The number of hydrogen-bond donors (Lipinski definition) is 1. The van der Waals surface area contributed by atoms with E-state index < -0.39 is 23.1 Å². The van der Waals surface area contributed by atoms with Gasteiger partial charge in [0.1, 0.15) is 18.3 Å². The standard InChI is InChI=1S/C25H20O6/c1-25(16-7-10-20-21(11-16)31-14-30-20)19-9-8-17(29-13-15-5-3-2-4-6-15)12-18(19)23(26)22(25)24(27)28/h2-12,22H,13-14H2,1H3,(H,27,28). The molecule has 31 heavy (non-hydrogen) atoms. The number of rotatable bonds is 5. The lowest BCUT2D eigenvalue weighted by Crippen LogP contribution is -2.37. The van der Waals surface area contributed by atoms with Gasteiger partial charge in [-0.2, -0.15) is 0 Å². The fourth-order valence-corrected chi connectivity index (χ4v) is 4.48. The van der Waals surface area contributed by atoms with E-state index in [1.807, 2.05) is 30.3 Å². The third kappa shape index (κ3) is 3.03. The van der Waals surface area contributed by atoms with Crippen LogP contribution < -0.4 is 14.2 Å². The summed E-state index contributed by atoms with van der Waals surface area (Å²) < 4.78 is 16.7. The highest BCUT2D eigenvalue weighted by Crippen LogP contribution is 2.50. The molecular weight excluding hydrogens is 396 g/mol. The molecule has 1 heterocycles. The molecule has 156 valence electrons. The van der Waals surface area contributed by atoms with E-state index in [0.29, 0.717) is 40.5 Å². The van der Waals surface area contributed by atoms with E-state index in [1.54, 1.807) is 43.3 Å². The van der Waals surface area contributed by atoms with Crippen molar-refractivity contribution in [3.63, 3.8) is 0 Å². The Morgan fingerprint density at radius 2 is 1.84 bits per heavy atom. The van der Waals surface area contributed by atoms with Crippen LogP contribution in [-0.2, 0) is 16.8 Å². The van der Waals surface area contributed by atoms with Crippen LogP contribution in [0.15, 0.2) is 66.7 Å². The maximum Gasteiger partial charge on any atom is 0.315 e. The van der Waals surface area contributed by atoms with Gasteiger partial charge in [-0.1, -0.05) is 49.4 Å². The maximum atomic E-state index is 13.2. The number of carbonyl (C=O) groups excluding carboxylic acids is 1. The lowest BCUT2D eigenvalue weighted by atomic mass is 9.71. The fourth-order valence-electron chi connectivity index (χ4n) is 4.48. The predicted molar refractivity (Wildman–Crippen MR) is 112 cm³/mol. The summed E-state index contributed by atoms with van der Waals surface area (Å²) in [7, 11) is 0. The summed E-state index contributed by atoms with van der Waals surface area (Å²) in [6.45, 7) is 2.27. The molecule has 2 aliphatic rings. The monoisotopic (exact) mass is 416 g/mol. The van der Waals surface area contributed by atoms with Gasteiger partial charge in [0.05, 0.1) is 0 Å². The summed E-state index contributed by atoms with van der Waals surface area (Å²) in [6, 6.07) is 20.2. The van der Waals surface area contributed by atoms with Crippen LogP contribution in [0.25, 0.3) is 0 Å². The van der Waals surface area contributed by atoms with Crippen molar-refractivity contribution < 1.29 is 28.9 Å². The smallest absolute Gasteiger partial charge is 0.315 e. The Morgan fingerprint density at radius 1 is 1.06 bits per heavy atom. The van der Waals surface area contributed by atoms with Gasteiger partial charge in [0.15, 0.2) is 17.3 Å². The number of hydrogen-bond acceptors (Lipinski definition) is 5. The van der Waals surface area contributed by atoms with Crippen LogP contribution in [-0.4, -0.2) is 23.7 Å². The molecule has 0 aromatic heterocycles. The number of aliphatic carboxylic acids is 1. The van der Waals surface area contributed by atoms with Crippen molar-refractivity contribution in [2.24, 2.45) is 5.92 Å². The fraction of sp³-hybridized carbons (Fsp3) is 0.200. The third-order valence-corrected chi connectivity index (χ3v) is 6.12. The van der Waals surface area contributed by atoms with Crippen molar-refractivity contribution in [1.82, 2.24) is 0 Å². The second-order valence-corrected chi connectivity index (χ2v) is 7.89. The Labute approximate surface area is 179 Å². The minimum atomic E-state index is -1.24. The number of carbonyl (C=O) groups is 2. The topological polar surface area (TPSA) is 82.1 Å². The molecule has 0 radical (unpaired) electrons. The molecule has 0 bridgehead atoms. The second kappa shape index (κ2) is 7.16. The molecule has 1 aliphatic carbocycles. The summed E-state index contributed by atoms with van der Waals surface area (Å²) in [5.41, 5.74) is 1.68. The molecule has 2 unspecified atom stereocenters. The first kappa shape index (κ1) is 19.2. The average Bonchev–Trinajstić information content (AvgIpc) is 3.34. The van der Waals surface area contributed by atoms with E-state index in [0.717, 1.165) is 5.56 Å². The van der Waals surface area contributed by atoms with E-state index in [4.69, 9.17) is 14.2 Å². The quantitative estimate of drug-likeness (QED) is 0.628. The summed E-state index contributed by atoms with van der Waals surface area (Å²) in [6.07, 6.45) is 0. The first-order chi connectivity index (χ1) is 15.0. The Hall–Kier alpha value is -3.80. The predicted octanol–water partition coefficient (Wildman–Crippen LogP) is 4.20. The zero-order valence-electron chi connectivity index (χ0n) is 16.8. The molecule has 6 heteroatoms. The number of carboxylic acids is 1. The van der Waals surface area contributed by atoms with E-state index in [-0.39, 0.29) is 6.79 Å². The van der Waals surface area contributed by atoms with E-state index >= 15 is 0 Å². The average molecular weight is 416 g/mol. The molecular formula is C25H20O6. The number of carboxylic acid groups (broad SMARTS) is 1. The molecule has 0 saturated heterocycles. The molecule has 0 fully saturated rings. The van der Waals surface area contributed by atoms with E-state index in [2.05, 4.69) is 0 Å². The molecule has 3 aromatic carbocycles. The molecule has 0 saturated carbocycles. The number of ketones is 1. The van der Waals surface area contributed by atoms with Gasteiger partial charge >= 0.3 is 5.97 Å². The summed E-state index contributed by atoms with van der Waals surface area (Å²) in [5, 5.41) is 9.96. The van der Waals surface area contributed by atoms with Crippen LogP contribution >= 0.6 is 0 Å². The molecule has 3 aromatic rings. The van der Waals surface area contributed by atoms with Crippen molar-refractivity contribution in [3.05, 3.63) is 89.0 Å². The van der Waals surface area contributed by atoms with Gasteiger partial charge in [-0.25, -0.2) is 0 Å². The van der Waals surface area contributed by atoms with Gasteiger partial charge in [-0.3, -0.25) is 9.59 Å². The zero-order valence-corrected chi connectivity index (χ0v) is 16.8. The number of fused-ring (bicyclic) bond motifs is 2. The van der Waals surface area contributed by atoms with Crippen LogP contribution in [0.3, 0.4) is 0 Å². The Morgan fingerprint density at radius 3 is 2.61 bits per heavy atom. The molecule has 0 spiro atoms. The highest BCUT2D eigenvalue weighted by Gasteiger charge is 2.54. The summed E-state index contributed by atoms with van der Waals surface area (Å²) >= 11 is 0. The maximum absolute atomic E-state index is 13.2. The van der Waals surface area contributed by atoms with Crippen molar-refractivity contribution in [2.45, 2.75) is 18.9 Å². The minimum absolute atomic E-state index is 0.121. The lowest BCUT2D eigenvalue weighted by molar-refractivity contribution is -0.141. The van der Waals surface area contributed by atoms with Crippen molar-refractivity contribution in [1.29, 1.82) is 0 Å². The zero-order chi connectivity index (χ0) is 21.6. The van der Waals surface area contributed by atoms with Crippen molar-refractivity contribution >= 4 is 11.8 Å². The number of Topliss-reactive ketones (excluding diaryl/α,β-unsaturated/α-hetero) is 1. The van der Waals surface area contributed by atoms with Gasteiger partial charge in [0.25, 0.3) is 0 Å². The van der Waals surface area contributed by atoms with E-state index in [1.165, 1.54) is 0 Å². The van der Waals surface area contributed by atoms with Crippen LogP contribution in [0.5, 0.6) is 17.2 Å². The first-order valence-electron chi connectivity index (χ1n) is 9.97. The van der Waals surface area contributed by atoms with Crippen LogP contribution in [0.1, 0.15) is 34.0 Å². The molecule has 0 amide bonds. The molecule has 1 N–H and O–H groups in total. The molecule has 2 atom stereocenters. The van der Waals surface area contributed by atoms with E-state index in [9.17, 15) is 14.7 Å². The van der Waals surface area contributed by atoms with Gasteiger partial charge < -0.3 is 19.3 Å². The minimum Gasteiger partial charge on any atom is -0.489 e. The lowest BCUT2D eigenvalue weighted by Gasteiger charge is -2.30. The summed E-state index contributed by atoms with van der Waals surface area (Å²) in [4.78, 5) is 25.4. The summed E-state index contributed by atoms with van der Waals surface area (Å²) in [5.74, 6) is -1.15. The Balaban J connectivity index is 1.54. The normalized spacial score (nSPS) is 21.1. The highest BCUT2D eigenvalue weighted by molar-refractivity contribution is 6.14. The molecule has 5 rings (SSSR count). The number of benzene rings is 3. The first-order valence-corrected chi connectivity index (χ1v) is 9.97. The second-order valence-electron chi connectivity index (χ2n) is 7.89. The Kier molecular flexibility index (Phi) is 4.43. The Bertz CT molecular complexity index is 1190. The SMILES string of the molecule is CC1(c2ccc3c(c2)OCO3)c2ccc(OCc3ccccc3)cc2C(=O)C1C(=O)O. The highest BCUT2D eigenvalue weighted by atomic mass is 16.7. The molecule has 1 aliphatic heterocycles. The van der Waals surface area contributed by atoms with Gasteiger partial charge in [-0.05, 0) is 41.0 Å². The molecule has 6 nitrogen and oxygen atoms in total. The largest absolute Gasteiger partial charge is 0.489 e.